The smallest absolute Gasteiger partial charge is 0.321 e. The van der Waals surface area contributed by atoms with Crippen LogP contribution in [0.4, 0.5) is 30.9 Å². The van der Waals surface area contributed by atoms with Gasteiger partial charge >= 0.3 is 12.0 Å². The van der Waals surface area contributed by atoms with E-state index in [2.05, 4.69) is 19.9 Å². The van der Waals surface area contributed by atoms with Gasteiger partial charge < -0.3 is 15.5 Å². The summed E-state index contributed by atoms with van der Waals surface area (Å²) in [5, 5.41) is 8.82. The molecule has 2 rings (SSSR count). The number of benzene rings is 1. The lowest BCUT2D eigenvalue weighted by Gasteiger charge is -2.03. The van der Waals surface area contributed by atoms with Crippen LogP contribution in [-0.2, 0) is 0 Å². The first-order chi connectivity index (χ1) is 7.56. The van der Waals surface area contributed by atoms with E-state index in [4.69, 9.17) is 5.73 Å². The maximum absolute atomic E-state index is 13.1. The molecule has 0 unspecified atom stereocenters. The Bertz CT molecular complexity index is 528. The van der Waals surface area contributed by atoms with Crippen LogP contribution in [0.15, 0.2) is 16.5 Å². The van der Waals surface area contributed by atoms with Gasteiger partial charge in [-0.15, -0.1) is 0 Å². The molecule has 0 radical (unpaired) electrons. The van der Waals surface area contributed by atoms with Crippen LogP contribution < -0.4 is 11.1 Å². The number of anilines is 3. The first kappa shape index (κ1) is 10.3. The van der Waals surface area contributed by atoms with E-state index in [9.17, 15) is 13.2 Å². The molecular weight excluding hydrogens is 225 g/mol. The molecule has 0 fully saturated rings. The number of aromatic nitrogens is 2. The van der Waals surface area contributed by atoms with Gasteiger partial charge in [0.1, 0.15) is 5.82 Å². The quantitative estimate of drug-likeness (QED) is 0.769. The Labute approximate surface area is 87.1 Å². The minimum absolute atomic E-state index is 0.250. The van der Waals surface area contributed by atoms with Gasteiger partial charge in [0.15, 0.2) is 11.6 Å². The third-order valence-corrected chi connectivity index (χ3v) is 1.68. The van der Waals surface area contributed by atoms with Crippen LogP contribution in [0.3, 0.4) is 0 Å². The Balaban J connectivity index is 2.34. The molecule has 1 aromatic heterocycles. The van der Waals surface area contributed by atoms with Crippen LogP contribution in [-0.4, -0.2) is 10.2 Å². The Kier molecular flexibility index (Phi) is 2.39. The highest BCUT2D eigenvalue weighted by Gasteiger charge is 2.13. The molecule has 0 aliphatic rings. The molecule has 0 saturated carbocycles. The zero-order chi connectivity index (χ0) is 11.7. The van der Waals surface area contributed by atoms with Gasteiger partial charge in [-0.05, 0) is 0 Å². The summed E-state index contributed by atoms with van der Waals surface area (Å²) in [5.74, 6) is -3.51. The summed E-state index contributed by atoms with van der Waals surface area (Å²) in [6.45, 7) is 0. The summed E-state index contributed by atoms with van der Waals surface area (Å²) >= 11 is 0. The van der Waals surface area contributed by atoms with Crippen molar-refractivity contribution in [2.24, 2.45) is 0 Å². The van der Waals surface area contributed by atoms with Crippen molar-refractivity contribution in [3.63, 3.8) is 0 Å². The number of nitrogens with zero attached hydrogens (tertiary/aromatic N) is 2. The Morgan fingerprint density at radius 3 is 2.56 bits per heavy atom. The van der Waals surface area contributed by atoms with Crippen molar-refractivity contribution in [2.45, 2.75) is 0 Å². The summed E-state index contributed by atoms with van der Waals surface area (Å²) in [4.78, 5) is 0. The highest BCUT2D eigenvalue weighted by molar-refractivity contribution is 5.53. The van der Waals surface area contributed by atoms with E-state index in [1.54, 1.807) is 0 Å². The lowest BCUT2D eigenvalue weighted by molar-refractivity contribution is 0.497. The van der Waals surface area contributed by atoms with Crippen molar-refractivity contribution in [3.8, 4) is 0 Å². The fraction of sp³-hybridized carbons (Fsp3) is 0. The van der Waals surface area contributed by atoms with Crippen LogP contribution in [0.25, 0.3) is 0 Å². The first-order valence-corrected chi connectivity index (χ1v) is 4.07. The van der Waals surface area contributed by atoms with E-state index >= 15 is 0 Å². The lowest BCUT2D eigenvalue weighted by Crippen LogP contribution is -1.98. The van der Waals surface area contributed by atoms with Gasteiger partial charge in [0.25, 0.3) is 0 Å². The van der Waals surface area contributed by atoms with Gasteiger partial charge in [-0.25, -0.2) is 13.2 Å². The van der Waals surface area contributed by atoms with Crippen molar-refractivity contribution in [1.82, 2.24) is 10.2 Å². The van der Waals surface area contributed by atoms with E-state index in [1.807, 2.05) is 0 Å². The number of nitrogen functional groups attached to an aromatic ring is 1. The van der Waals surface area contributed by atoms with Crippen molar-refractivity contribution in [1.29, 1.82) is 0 Å². The maximum atomic E-state index is 13.1. The summed E-state index contributed by atoms with van der Waals surface area (Å²) in [6.07, 6.45) is 0. The highest BCUT2D eigenvalue weighted by atomic mass is 19.2. The molecule has 0 amide bonds. The largest absolute Gasteiger partial charge is 0.389 e. The summed E-state index contributed by atoms with van der Waals surface area (Å²) in [5.41, 5.74) is 4.65. The second kappa shape index (κ2) is 3.72. The topological polar surface area (TPSA) is 77.0 Å². The molecule has 5 nitrogen and oxygen atoms in total. The van der Waals surface area contributed by atoms with Crippen LogP contribution in [0.2, 0.25) is 0 Å². The molecule has 84 valence electrons. The molecule has 0 aliphatic carbocycles. The highest BCUT2D eigenvalue weighted by Crippen LogP contribution is 2.22. The molecule has 0 aliphatic heterocycles. The Morgan fingerprint density at radius 2 is 1.94 bits per heavy atom. The van der Waals surface area contributed by atoms with Crippen LogP contribution in [0.1, 0.15) is 0 Å². The van der Waals surface area contributed by atoms with Crippen molar-refractivity contribution in [3.05, 3.63) is 29.6 Å². The summed E-state index contributed by atoms with van der Waals surface area (Å²) in [7, 11) is 0. The predicted octanol–water partition coefficient (Wildman–Crippen LogP) is 1.81. The minimum Gasteiger partial charge on any atom is -0.389 e. The normalized spacial score (nSPS) is 10.4. The SMILES string of the molecule is Nc1nnc(Nc2cc(F)cc(F)c2F)o1. The fourth-order valence-electron chi connectivity index (χ4n) is 1.05. The van der Waals surface area contributed by atoms with E-state index in [1.165, 1.54) is 0 Å². The molecule has 1 heterocycles. The van der Waals surface area contributed by atoms with Gasteiger partial charge in [0.05, 0.1) is 5.69 Å². The molecule has 0 saturated heterocycles. The first-order valence-electron chi connectivity index (χ1n) is 4.07. The number of rotatable bonds is 2. The van der Waals surface area contributed by atoms with Crippen LogP contribution in [0, 0.1) is 17.5 Å². The lowest BCUT2D eigenvalue weighted by atomic mass is 10.3. The second-order valence-corrected chi connectivity index (χ2v) is 2.82. The van der Waals surface area contributed by atoms with Gasteiger partial charge in [0.2, 0.25) is 0 Å². The fourth-order valence-corrected chi connectivity index (χ4v) is 1.05. The Hall–Kier alpha value is -2.25. The average Bonchev–Trinajstić information content (AvgIpc) is 2.60. The third-order valence-electron chi connectivity index (χ3n) is 1.68. The van der Waals surface area contributed by atoms with Crippen LogP contribution in [0.5, 0.6) is 0 Å². The maximum Gasteiger partial charge on any atom is 0.321 e. The molecule has 16 heavy (non-hydrogen) atoms. The van der Waals surface area contributed by atoms with Gasteiger partial charge in [-0.1, -0.05) is 10.2 Å². The van der Waals surface area contributed by atoms with Crippen molar-refractivity contribution < 1.29 is 17.6 Å². The van der Waals surface area contributed by atoms with E-state index in [0.29, 0.717) is 6.07 Å². The van der Waals surface area contributed by atoms with E-state index in [-0.39, 0.29) is 12.0 Å². The predicted molar refractivity (Wildman–Crippen MR) is 48.3 cm³/mol. The number of nitrogens with one attached hydrogen (secondary N) is 1. The number of hydrogen-bond acceptors (Lipinski definition) is 5. The zero-order valence-corrected chi connectivity index (χ0v) is 7.67. The molecule has 0 spiro atoms. The summed E-state index contributed by atoms with van der Waals surface area (Å²) < 4.78 is 43.4. The number of halogens is 3. The summed E-state index contributed by atoms with van der Waals surface area (Å²) in [6, 6.07) is 0.655. The average molecular weight is 230 g/mol. The van der Waals surface area contributed by atoms with E-state index in [0.717, 1.165) is 6.07 Å². The minimum atomic E-state index is -1.32. The van der Waals surface area contributed by atoms with Crippen molar-refractivity contribution in [2.75, 3.05) is 11.1 Å². The molecule has 1 aromatic carbocycles. The van der Waals surface area contributed by atoms with Gasteiger partial charge in [0, 0.05) is 12.1 Å². The Morgan fingerprint density at radius 1 is 1.19 bits per heavy atom. The molecule has 3 N–H and O–H groups in total. The van der Waals surface area contributed by atoms with Crippen LogP contribution >= 0.6 is 0 Å². The standard InChI is InChI=1S/C8H5F3N4O/c9-3-1-4(10)6(11)5(2-3)13-8-15-14-7(12)16-8/h1-2H,(H2,12,14)(H,13,15). The van der Waals surface area contributed by atoms with Gasteiger partial charge in [-0.3, -0.25) is 0 Å². The van der Waals surface area contributed by atoms with Crippen molar-refractivity contribution >= 4 is 17.7 Å². The molecule has 0 bridgehead atoms. The molecule has 2 aromatic rings. The number of hydrogen-bond donors (Lipinski definition) is 2. The second-order valence-electron chi connectivity index (χ2n) is 2.82. The van der Waals surface area contributed by atoms with Gasteiger partial charge in [-0.2, -0.15) is 0 Å². The third kappa shape index (κ3) is 1.90. The zero-order valence-electron chi connectivity index (χ0n) is 7.67. The monoisotopic (exact) mass is 230 g/mol. The molecule has 8 heteroatoms. The van der Waals surface area contributed by atoms with E-state index < -0.39 is 23.1 Å². The number of nitrogens with two attached hydrogens (primary N) is 1. The molecular formula is C8H5F3N4O. The molecule has 0 atom stereocenters.